The van der Waals surface area contributed by atoms with Crippen molar-refractivity contribution in [2.45, 2.75) is 38.5 Å². The quantitative estimate of drug-likeness (QED) is 0.633. The molecule has 0 heterocycles. The summed E-state index contributed by atoms with van der Waals surface area (Å²) in [6, 6.07) is -0.933. The lowest BCUT2D eigenvalue weighted by Gasteiger charge is -2.15. The lowest BCUT2D eigenvalue weighted by Crippen LogP contribution is -2.41. The maximum Gasteiger partial charge on any atom is 0.327 e. The van der Waals surface area contributed by atoms with Crippen LogP contribution in [0.5, 0.6) is 0 Å². The summed E-state index contributed by atoms with van der Waals surface area (Å²) in [5, 5.41) is 11.2. The van der Waals surface area contributed by atoms with Crippen LogP contribution in [0, 0.1) is 0 Å². The fourth-order valence-corrected chi connectivity index (χ4v) is 2.19. The van der Waals surface area contributed by atoms with Crippen molar-refractivity contribution in [2.24, 2.45) is 0 Å². The average molecular weight is 277 g/mol. The number of amides is 1. The molecule has 0 saturated carbocycles. The molecule has 0 aliphatic heterocycles. The third-order valence-electron chi connectivity index (χ3n) is 1.98. The zero-order chi connectivity index (χ0) is 14.1. The standard InChI is InChI=1S/C11H19NO5S/c1-4-17-10(14)5-7(2)18-6-9(11(15)16)12-8(3)13/h7,9H,4-6H2,1-3H3,(H,12,13)(H,15,16)/t7?,9-/m1/s1. The number of hydrogen-bond acceptors (Lipinski definition) is 5. The van der Waals surface area contributed by atoms with Gasteiger partial charge in [-0.2, -0.15) is 11.8 Å². The molecule has 0 radical (unpaired) electrons. The van der Waals surface area contributed by atoms with Gasteiger partial charge in [-0.3, -0.25) is 9.59 Å². The number of ether oxygens (including phenoxy) is 1. The molecule has 7 heteroatoms. The molecule has 0 spiro atoms. The van der Waals surface area contributed by atoms with Crippen molar-refractivity contribution in [3.8, 4) is 0 Å². The third kappa shape index (κ3) is 7.94. The molecular weight excluding hydrogens is 258 g/mol. The van der Waals surface area contributed by atoms with Gasteiger partial charge in [0.1, 0.15) is 6.04 Å². The van der Waals surface area contributed by atoms with Gasteiger partial charge in [0.25, 0.3) is 0 Å². The van der Waals surface area contributed by atoms with Crippen LogP contribution in [0.3, 0.4) is 0 Å². The summed E-state index contributed by atoms with van der Waals surface area (Å²) in [7, 11) is 0. The van der Waals surface area contributed by atoms with Crippen LogP contribution in [0.15, 0.2) is 0 Å². The molecule has 0 aromatic rings. The maximum atomic E-state index is 11.2. The molecule has 0 saturated heterocycles. The summed E-state index contributed by atoms with van der Waals surface area (Å²) in [6.07, 6.45) is 0.227. The minimum atomic E-state index is -1.08. The van der Waals surface area contributed by atoms with Gasteiger partial charge in [-0.05, 0) is 6.92 Å². The number of carbonyl (C=O) groups excluding carboxylic acids is 2. The fourth-order valence-electron chi connectivity index (χ4n) is 1.19. The van der Waals surface area contributed by atoms with Crippen LogP contribution < -0.4 is 5.32 Å². The predicted octanol–water partition coefficient (Wildman–Crippen LogP) is 0.651. The van der Waals surface area contributed by atoms with Gasteiger partial charge in [-0.25, -0.2) is 4.79 Å². The number of carboxylic acids is 1. The first kappa shape index (κ1) is 16.8. The van der Waals surface area contributed by atoms with Crippen LogP contribution in [0.25, 0.3) is 0 Å². The summed E-state index contributed by atoms with van der Waals surface area (Å²) >= 11 is 1.31. The second-order valence-corrected chi connectivity index (χ2v) is 5.22. The maximum absolute atomic E-state index is 11.2. The normalized spacial score (nSPS) is 13.5. The number of nitrogens with one attached hydrogen (secondary N) is 1. The molecule has 0 bridgehead atoms. The van der Waals surface area contributed by atoms with Crippen molar-refractivity contribution in [3.63, 3.8) is 0 Å². The summed E-state index contributed by atoms with van der Waals surface area (Å²) < 4.78 is 4.79. The Bertz CT molecular complexity index is 308. The third-order valence-corrected chi connectivity index (χ3v) is 3.24. The van der Waals surface area contributed by atoms with Crippen LogP contribution >= 0.6 is 11.8 Å². The van der Waals surface area contributed by atoms with E-state index in [-0.39, 0.29) is 29.3 Å². The van der Waals surface area contributed by atoms with Crippen molar-refractivity contribution in [2.75, 3.05) is 12.4 Å². The Labute approximate surface area is 110 Å². The van der Waals surface area contributed by atoms with E-state index in [0.717, 1.165) is 0 Å². The zero-order valence-corrected chi connectivity index (χ0v) is 11.6. The molecule has 2 atom stereocenters. The second-order valence-electron chi connectivity index (χ2n) is 3.74. The number of carboxylic acid groups (broad SMARTS) is 1. The Hall–Kier alpha value is -1.24. The number of rotatable bonds is 8. The van der Waals surface area contributed by atoms with Gasteiger partial charge in [-0.15, -0.1) is 0 Å². The van der Waals surface area contributed by atoms with Crippen LogP contribution in [-0.4, -0.2) is 46.6 Å². The van der Waals surface area contributed by atoms with Crippen molar-refractivity contribution in [3.05, 3.63) is 0 Å². The highest BCUT2D eigenvalue weighted by Gasteiger charge is 2.20. The molecule has 2 N–H and O–H groups in total. The molecular formula is C11H19NO5S. The highest BCUT2D eigenvalue weighted by Crippen LogP contribution is 2.16. The SMILES string of the molecule is CCOC(=O)CC(C)SC[C@@H](NC(C)=O)C(=O)O. The monoisotopic (exact) mass is 277 g/mol. The zero-order valence-electron chi connectivity index (χ0n) is 10.8. The van der Waals surface area contributed by atoms with Gasteiger partial charge in [0.2, 0.25) is 5.91 Å². The second kappa shape index (κ2) is 8.79. The minimum absolute atomic E-state index is 0.0559. The largest absolute Gasteiger partial charge is 0.480 e. The Balaban J connectivity index is 4.06. The van der Waals surface area contributed by atoms with E-state index in [9.17, 15) is 14.4 Å². The van der Waals surface area contributed by atoms with E-state index in [2.05, 4.69) is 5.32 Å². The first-order valence-corrected chi connectivity index (χ1v) is 6.68. The van der Waals surface area contributed by atoms with E-state index in [1.165, 1.54) is 18.7 Å². The van der Waals surface area contributed by atoms with Gasteiger partial charge in [0.15, 0.2) is 0 Å². The highest BCUT2D eigenvalue weighted by molar-refractivity contribution is 7.99. The smallest absolute Gasteiger partial charge is 0.327 e. The van der Waals surface area contributed by atoms with Gasteiger partial charge in [-0.1, -0.05) is 6.92 Å². The molecule has 18 heavy (non-hydrogen) atoms. The molecule has 0 aliphatic rings. The molecule has 0 fully saturated rings. The van der Waals surface area contributed by atoms with Crippen LogP contribution in [-0.2, 0) is 19.1 Å². The number of thioether (sulfide) groups is 1. The van der Waals surface area contributed by atoms with E-state index in [1.54, 1.807) is 6.92 Å². The van der Waals surface area contributed by atoms with Crippen LogP contribution in [0.1, 0.15) is 27.2 Å². The first-order chi connectivity index (χ1) is 8.36. The van der Waals surface area contributed by atoms with Gasteiger partial charge in [0, 0.05) is 17.9 Å². The Kier molecular flexibility index (Phi) is 8.19. The summed E-state index contributed by atoms with van der Waals surface area (Å²) in [5.74, 6) is -1.55. The predicted molar refractivity (Wildman–Crippen MR) is 68.4 cm³/mol. The molecule has 0 aromatic carbocycles. The molecule has 0 rings (SSSR count). The van der Waals surface area contributed by atoms with Crippen molar-refractivity contribution >= 4 is 29.6 Å². The van der Waals surface area contributed by atoms with Gasteiger partial charge >= 0.3 is 11.9 Å². The molecule has 6 nitrogen and oxygen atoms in total. The van der Waals surface area contributed by atoms with E-state index >= 15 is 0 Å². The lowest BCUT2D eigenvalue weighted by molar-refractivity contribution is -0.143. The van der Waals surface area contributed by atoms with Crippen molar-refractivity contribution in [1.82, 2.24) is 5.32 Å². The Morgan fingerprint density at radius 3 is 2.44 bits per heavy atom. The number of esters is 1. The molecule has 104 valence electrons. The Morgan fingerprint density at radius 2 is 2.00 bits per heavy atom. The molecule has 0 aliphatic carbocycles. The van der Waals surface area contributed by atoms with E-state index in [1.807, 2.05) is 6.92 Å². The van der Waals surface area contributed by atoms with Crippen LogP contribution in [0.4, 0.5) is 0 Å². The fraction of sp³-hybridized carbons (Fsp3) is 0.727. The summed E-state index contributed by atoms with van der Waals surface area (Å²) in [4.78, 5) is 32.8. The van der Waals surface area contributed by atoms with Crippen LogP contribution in [0.2, 0.25) is 0 Å². The Morgan fingerprint density at radius 1 is 1.39 bits per heavy atom. The first-order valence-electron chi connectivity index (χ1n) is 5.64. The van der Waals surface area contributed by atoms with Gasteiger partial charge in [0.05, 0.1) is 13.0 Å². The van der Waals surface area contributed by atoms with Crippen molar-refractivity contribution < 1.29 is 24.2 Å². The van der Waals surface area contributed by atoms with E-state index < -0.39 is 12.0 Å². The molecule has 1 amide bonds. The average Bonchev–Trinajstić information content (AvgIpc) is 2.23. The number of hydrogen-bond donors (Lipinski definition) is 2. The summed E-state index contributed by atoms with van der Waals surface area (Å²) in [6.45, 7) is 5.14. The number of carbonyl (C=O) groups is 3. The summed E-state index contributed by atoms with van der Waals surface area (Å²) in [5.41, 5.74) is 0. The van der Waals surface area contributed by atoms with E-state index in [4.69, 9.17) is 9.84 Å². The minimum Gasteiger partial charge on any atom is -0.480 e. The van der Waals surface area contributed by atoms with Gasteiger partial charge < -0.3 is 15.2 Å². The lowest BCUT2D eigenvalue weighted by atomic mass is 10.3. The van der Waals surface area contributed by atoms with E-state index in [0.29, 0.717) is 6.61 Å². The molecule has 1 unspecified atom stereocenters. The molecule has 0 aromatic heterocycles. The highest BCUT2D eigenvalue weighted by atomic mass is 32.2. The number of aliphatic carboxylic acids is 1. The van der Waals surface area contributed by atoms with Crippen molar-refractivity contribution in [1.29, 1.82) is 0 Å². The topological polar surface area (TPSA) is 92.7 Å².